The van der Waals surface area contributed by atoms with Crippen molar-refractivity contribution in [3.63, 3.8) is 0 Å². The zero-order valence-corrected chi connectivity index (χ0v) is 37.4. The SMILES string of the molecule is CC(O)COC(C)COC(C)COCC(COCC(C)OCC(C)OCC(C)O)(COC(C)COC(C)COC(C)CO)COC(C)COC(C)COC(C)CO. The first-order valence-electron chi connectivity index (χ1n) is 20.8. The second-order valence-electron chi connectivity index (χ2n) is 16.0. The fourth-order valence-electron chi connectivity index (χ4n) is 4.67. The smallest absolute Gasteiger partial charge is 0.0781 e. The van der Waals surface area contributed by atoms with E-state index in [0.29, 0.717) is 52.9 Å². The lowest BCUT2D eigenvalue weighted by Gasteiger charge is -2.35. The van der Waals surface area contributed by atoms with Gasteiger partial charge in [0, 0.05) is 0 Å². The van der Waals surface area contributed by atoms with Gasteiger partial charge in [-0.05, 0) is 83.1 Å². The van der Waals surface area contributed by atoms with Crippen LogP contribution in [0.25, 0.3) is 0 Å². The van der Waals surface area contributed by atoms with Crippen LogP contribution in [0.1, 0.15) is 83.1 Å². The third-order valence-corrected chi connectivity index (χ3v) is 8.32. The van der Waals surface area contributed by atoms with Gasteiger partial charge in [0.05, 0.1) is 184 Å². The summed E-state index contributed by atoms with van der Waals surface area (Å²) in [5.41, 5.74) is -0.764. The van der Waals surface area contributed by atoms with Crippen LogP contribution in [0.3, 0.4) is 0 Å². The Morgan fingerprint density at radius 1 is 0.298 bits per heavy atom. The molecule has 0 saturated carbocycles. The Balaban J connectivity index is 5.82. The van der Waals surface area contributed by atoms with Gasteiger partial charge in [-0.3, -0.25) is 0 Å². The molecule has 0 heterocycles. The molecule has 0 bridgehead atoms. The minimum Gasteiger partial charge on any atom is -0.394 e. The topological polar surface area (TPSA) is 192 Å². The van der Waals surface area contributed by atoms with E-state index < -0.39 is 17.6 Å². The largest absolute Gasteiger partial charge is 0.394 e. The number of ether oxygens (including phenoxy) is 12. The molecule has 344 valence electrons. The molecule has 0 rings (SSSR count). The summed E-state index contributed by atoms with van der Waals surface area (Å²) in [5.74, 6) is 0. The molecule has 0 aromatic rings. The highest BCUT2D eigenvalue weighted by Gasteiger charge is 2.35. The number of hydrogen-bond donors (Lipinski definition) is 4. The molecule has 0 saturated heterocycles. The molecule has 4 N–H and O–H groups in total. The van der Waals surface area contributed by atoms with Gasteiger partial charge in [-0.15, -0.1) is 0 Å². The molecule has 0 aromatic heterocycles. The van der Waals surface area contributed by atoms with Crippen LogP contribution in [0, 0.1) is 5.41 Å². The minimum absolute atomic E-state index is 0.0621. The van der Waals surface area contributed by atoms with Crippen LogP contribution in [0.15, 0.2) is 0 Å². The van der Waals surface area contributed by atoms with Gasteiger partial charge in [0.25, 0.3) is 0 Å². The van der Waals surface area contributed by atoms with E-state index in [4.69, 9.17) is 56.8 Å². The van der Waals surface area contributed by atoms with Crippen molar-refractivity contribution in [2.24, 2.45) is 5.41 Å². The molecule has 0 aliphatic carbocycles. The van der Waals surface area contributed by atoms with E-state index in [1.807, 2.05) is 55.4 Å². The maximum absolute atomic E-state index is 9.53. The van der Waals surface area contributed by atoms with Gasteiger partial charge in [0.1, 0.15) is 0 Å². The van der Waals surface area contributed by atoms with Crippen LogP contribution in [-0.2, 0) is 56.8 Å². The normalized spacial score (nSPS) is 19.8. The first-order chi connectivity index (χ1) is 26.9. The predicted molar refractivity (Wildman–Crippen MR) is 216 cm³/mol. The van der Waals surface area contributed by atoms with Crippen LogP contribution in [0.4, 0.5) is 0 Å². The summed E-state index contributed by atoms with van der Waals surface area (Å²) >= 11 is 0. The third kappa shape index (κ3) is 32.8. The summed E-state index contributed by atoms with van der Waals surface area (Å²) in [6.07, 6.45) is -3.52. The molecule has 0 aromatic carbocycles. The van der Waals surface area contributed by atoms with Gasteiger partial charge in [-0.25, -0.2) is 0 Å². The zero-order valence-electron chi connectivity index (χ0n) is 37.4. The van der Waals surface area contributed by atoms with E-state index in [2.05, 4.69) is 0 Å². The Labute approximate surface area is 344 Å². The summed E-state index contributed by atoms with van der Waals surface area (Å²) in [6, 6.07) is 0. The molecule has 0 fully saturated rings. The lowest BCUT2D eigenvalue weighted by Crippen LogP contribution is -2.45. The lowest BCUT2D eigenvalue weighted by atomic mass is 9.92. The standard InChI is InChI=1S/C41H84O16/c1-29(44)15-48-35(7)21-52-33(5)17-46-25-41(26-47-18-34(6)53-22-36(8)49-16-30(2)45,27-56-39(11)23-54-37(9)19-50-31(3)13-42)28-57-40(12)24-55-38(10)20-51-32(4)14-43/h29-40,42-45H,13-28H2,1-12H3. The molecular formula is C41H84O16. The molecule has 12 unspecified atom stereocenters. The summed E-state index contributed by atoms with van der Waals surface area (Å²) in [6.45, 7) is 26.1. The summed E-state index contributed by atoms with van der Waals surface area (Å²) in [4.78, 5) is 0. The number of rotatable bonds is 40. The molecule has 0 aliphatic heterocycles. The van der Waals surface area contributed by atoms with Crippen molar-refractivity contribution in [3.05, 3.63) is 0 Å². The van der Waals surface area contributed by atoms with Crippen LogP contribution >= 0.6 is 0 Å². The zero-order chi connectivity index (χ0) is 43.2. The van der Waals surface area contributed by atoms with Crippen molar-refractivity contribution in [2.75, 3.05) is 106 Å². The Kier molecular flexibility index (Phi) is 33.6. The van der Waals surface area contributed by atoms with E-state index >= 15 is 0 Å². The maximum atomic E-state index is 9.53. The van der Waals surface area contributed by atoms with Crippen molar-refractivity contribution < 1.29 is 77.3 Å². The average Bonchev–Trinajstić information content (AvgIpc) is 3.18. The molecular weight excluding hydrogens is 748 g/mol. The molecule has 12 atom stereocenters. The van der Waals surface area contributed by atoms with E-state index in [-0.39, 0.29) is 114 Å². The molecule has 16 nitrogen and oxygen atoms in total. The quantitative estimate of drug-likeness (QED) is 0.0705. The van der Waals surface area contributed by atoms with Gasteiger partial charge >= 0.3 is 0 Å². The Bertz CT molecular complexity index is 831. The Morgan fingerprint density at radius 3 is 0.789 bits per heavy atom. The molecule has 0 aliphatic rings. The van der Waals surface area contributed by atoms with Gasteiger partial charge in [-0.2, -0.15) is 0 Å². The maximum Gasteiger partial charge on any atom is 0.0781 e. The van der Waals surface area contributed by atoms with Gasteiger partial charge in [0.15, 0.2) is 0 Å². The number of aliphatic hydroxyl groups is 4. The lowest BCUT2D eigenvalue weighted by molar-refractivity contribution is -0.157. The Hall–Kier alpha value is -0.640. The summed E-state index contributed by atoms with van der Waals surface area (Å²) in [7, 11) is 0. The van der Waals surface area contributed by atoms with Crippen LogP contribution < -0.4 is 0 Å². The molecule has 0 spiro atoms. The van der Waals surface area contributed by atoms with Gasteiger partial charge < -0.3 is 77.3 Å². The molecule has 0 radical (unpaired) electrons. The predicted octanol–water partition coefficient (Wildman–Crippen LogP) is 2.80. The molecule has 0 amide bonds. The summed E-state index contributed by atoms with van der Waals surface area (Å²) in [5, 5.41) is 37.6. The van der Waals surface area contributed by atoms with Crippen molar-refractivity contribution >= 4 is 0 Å². The second kappa shape index (κ2) is 34.0. The number of hydrogen-bond acceptors (Lipinski definition) is 16. The van der Waals surface area contributed by atoms with Gasteiger partial charge in [0.2, 0.25) is 0 Å². The second-order valence-corrected chi connectivity index (χ2v) is 16.0. The molecule has 57 heavy (non-hydrogen) atoms. The van der Waals surface area contributed by atoms with E-state index in [1.54, 1.807) is 27.7 Å². The van der Waals surface area contributed by atoms with Crippen molar-refractivity contribution in [2.45, 2.75) is 156 Å². The van der Waals surface area contributed by atoms with Crippen LogP contribution in [0.2, 0.25) is 0 Å². The molecule has 16 heteroatoms. The number of aliphatic hydroxyl groups excluding tert-OH is 4. The fraction of sp³-hybridized carbons (Fsp3) is 1.00. The van der Waals surface area contributed by atoms with Crippen molar-refractivity contribution in [1.29, 1.82) is 0 Å². The highest BCUT2D eigenvalue weighted by molar-refractivity contribution is 4.81. The van der Waals surface area contributed by atoms with Gasteiger partial charge in [-0.1, -0.05) is 0 Å². The third-order valence-electron chi connectivity index (χ3n) is 8.32. The monoisotopic (exact) mass is 833 g/mol. The Morgan fingerprint density at radius 2 is 0.526 bits per heavy atom. The fourth-order valence-corrected chi connectivity index (χ4v) is 4.67. The van der Waals surface area contributed by atoms with Crippen molar-refractivity contribution in [3.8, 4) is 0 Å². The average molecular weight is 833 g/mol. The van der Waals surface area contributed by atoms with Crippen LogP contribution in [0.5, 0.6) is 0 Å². The summed E-state index contributed by atoms with van der Waals surface area (Å²) < 4.78 is 71.8. The minimum atomic E-state index is -0.764. The van der Waals surface area contributed by atoms with E-state index in [0.717, 1.165) is 0 Å². The highest BCUT2D eigenvalue weighted by Crippen LogP contribution is 2.23. The van der Waals surface area contributed by atoms with Crippen LogP contribution in [-0.4, -0.2) is 199 Å². The first-order valence-corrected chi connectivity index (χ1v) is 20.8. The van der Waals surface area contributed by atoms with E-state index in [1.165, 1.54) is 0 Å². The highest BCUT2D eigenvalue weighted by atomic mass is 16.6. The van der Waals surface area contributed by atoms with E-state index in [9.17, 15) is 20.4 Å². The van der Waals surface area contributed by atoms with Crippen molar-refractivity contribution in [1.82, 2.24) is 0 Å². The first kappa shape index (κ1) is 56.4.